The Morgan fingerprint density at radius 2 is 1.84 bits per heavy atom. The number of carbonyl (C=O) groups is 1. The molecule has 0 unspecified atom stereocenters. The minimum Gasteiger partial charge on any atom is -0.322 e. The molecular formula is C18H14F3N3O. The third kappa shape index (κ3) is 3.88. The number of nitrogens with one attached hydrogen (secondary N) is 1. The quantitative estimate of drug-likeness (QED) is 0.762. The molecule has 0 radical (unpaired) electrons. The molecule has 0 saturated carbocycles. The van der Waals surface area contributed by atoms with Gasteiger partial charge in [-0.1, -0.05) is 18.2 Å². The summed E-state index contributed by atoms with van der Waals surface area (Å²) in [6, 6.07) is 11.8. The lowest BCUT2D eigenvalue weighted by Crippen LogP contribution is -2.15. The molecular weight excluding hydrogens is 331 g/mol. The maximum Gasteiger partial charge on any atom is 0.416 e. The molecule has 1 aromatic heterocycles. The van der Waals surface area contributed by atoms with Crippen LogP contribution in [-0.4, -0.2) is 15.5 Å². The Hall–Kier alpha value is -3.09. The lowest BCUT2D eigenvalue weighted by molar-refractivity contribution is -0.137. The molecule has 0 saturated heterocycles. The Balaban J connectivity index is 2.01. The first kappa shape index (κ1) is 16.8. The van der Waals surface area contributed by atoms with E-state index in [9.17, 15) is 18.0 Å². The predicted octanol–water partition coefficient (Wildman–Crippen LogP) is 4.45. The first-order valence-electron chi connectivity index (χ1n) is 7.42. The van der Waals surface area contributed by atoms with Crippen LogP contribution in [0.3, 0.4) is 0 Å². The van der Waals surface area contributed by atoms with Crippen LogP contribution in [0.25, 0.3) is 5.69 Å². The summed E-state index contributed by atoms with van der Waals surface area (Å²) in [6.07, 6.45) is -1.56. The molecule has 0 fully saturated rings. The fraction of sp³-hybridized carbons (Fsp3) is 0.111. The fourth-order valence-electron chi connectivity index (χ4n) is 2.34. The summed E-state index contributed by atoms with van der Waals surface area (Å²) < 4.78 is 41.1. The zero-order valence-corrected chi connectivity index (χ0v) is 13.2. The molecule has 0 aliphatic carbocycles. The summed E-state index contributed by atoms with van der Waals surface area (Å²) in [5.41, 5.74) is 0.404. The van der Waals surface area contributed by atoms with E-state index in [1.807, 2.05) is 0 Å². The van der Waals surface area contributed by atoms with Gasteiger partial charge in [0.1, 0.15) is 0 Å². The number of para-hydroxylation sites is 1. The maximum atomic E-state index is 13.2. The van der Waals surface area contributed by atoms with Crippen molar-refractivity contribution < 1.29 is 18.0 Å². The molecule has 0 spiro atoms. The highest BCUT2D eigenvalue weighted by atomic mass is 19.4. The average Bonchev–Trinajstić information content (AvgIpc) is 3.01. The first-order valence-corrected chi connectivity index (χ1v) is 7.42. The van der Waals surface area contributed by atoms with Crippen molar-refractivity contribution in [1.29, 1.82) is 0 Å². The largest absolute Gasteiger partial charge is 0.416 e. The molecule has 3 aromatic rings. The zero-order chi connectivity index (χ0) is 18.0. The van der Waals surface area contributed by atoms with Crippen LogP contribution in [0.5, 0.6) is 0 Å². The highest BCUT2D eigenvalue weighted by Gasteiger charge is 2.32. The van der Waals surface area contributed by atoms with E-state index in [1.54, 1.807) is 43.5 Å². The molecule has 2 aromatic carbocycles. The van der Waals surface area contributed by atoms with Crippen molar-refractivity contribution in [2.45, 2.75) is 13.1 Å². The number of anilines is 1. The molecule has 1 heterocycles. The molecule has 4 nitrogen and oxygen atoms in total. The lowest BCUT2D eigenvalue weighted by Gasteiger charge is -2.13. The van der Waals surface area contributed by atoms with Gasteiger partial charge in [0, 0.05) is 23.1 Å². The Labute approximate surface area is 141 Å². The number of imidazole rings is 1. The molecule has 25 heavy (non-hydrogen) atoms. The summed E-state index contributed by atoms with van der Waals surface area (Å²) in [5, 5.41) is 2.59. The molecule has 3 rings (SSSR count). The summed E-state index contributed by atoms with van der Waals surface area (Å²) in [7, 11) is 0. The van der Waals surface area contributed by atoms with E-state index in [0.717, 1.165) is 12.1 Å². The maximum absolute atomic E-state index is 13.2. The van der Waals surface area contributed by atoms with Gasteiger partial charge in [0.2, 0.25) is 0 Å². The Kier molecular flexibility index (Phi) is 4.31. The van der Waals surface area contributed by atoms with Crippen molar-refractivity contribution in [2.24, 2.45) is 0 Å². The van der Waals surface area contributed by atoms with Crippen molar-refractivity contribution in [3.8, 4) is 5.69 Å². The molecule has 128 valence electrons. The second-order valence-corrected chi connectivity index (χ2v) is 5.51. The highest BCUT2D eigenvalue weighted by molar-refractivity contribution is 6.04. The van der Waals surface area contributed by atoms with E-state index >= 15 is 0 Å². The first-order chi connectivity index (χ1) is 11.8. The molecule has 0 atom stereocenters. The number of aryl methyl sites for hydroxylation is 1. The van der Waals surface area contributed by atoms with Crippen molar-refractivity contribution in [3.63, 3.8) is 0 Å². The number of amides is 1. The van der Waals surface area contributed by atoms with E-state index < -0.39 is 17.6 Å². The summed E-state index contributed by atoms with van der Waals surface area (Å²) in [6.45, 7) is 1.73. The number of carbonyl (C=O) groups excluding carboxylic acids is 1. The Bertz CT molecular complexity index is 901. The van der Waals surface area contributed by atoms with E-state index in [4.69, 9.17) is 0 Å². The van der Waals surface area contributed by atoms with Crippen LogP contribution in [0.15, 0.2) is 61.1 Å². The van der Waals surface area contributed by atoms with Crippen LogP contribution in [0, 0.1) is 6.92 Å². The van der Waals surface area contributed by atoms with Crippen molar-refractivity contribution in [1.82, 2.24) is 9.55 Å². The number of benzene rings is 2. The fourth-order valence-corrected chi connectivity index (χ4v) is 2.34. The van der Waals surface area contributed by atoms with E-state index in [0.29, 0.717) is 11.4 Å². The summed E-state index contributed by atoms with van der Waals surface area (Å²) >= 11 is 0. The van der Waals surface area contributed by atoms with E-state index in [1.165, 1.54) is 17.0 Å². The van der Waals surface area contributed by atoms with Crippen LogP contribution in [0.4, 0.5) is 18.9 Å². The molecule has 1 amide bonds. The normalized spacial score (nSPS) is 11.4. The molecule has 0 aliphatic rings. The predicted molar refractivity (Wildman–Crippen MR) is 87.7 cm³/mol. The number of aromatic nitrogens is 2. The second-order valence-electron chi connectivity index (χ2n) is 5.51. The van der Waals surface area contributed by atoms with Crippen LogP contribution < -0.4 is 5.32 Å². The van der Waals surface area contributed by atoms with Crippen molar-refractivity contribution in [3.05, 3.63) is 77.9 Å². The van der Waals surface area contributed by atoms with Gasteiger partial charge >= 0.3 is 6.18 Å². The standard InChI is InChI=1S/C18H14F3N3O/c1-12-10-24(11-22-12)16-8-13(7-14(9-16)18(19,20)21)17(25)23-15-5-3-2-4-6-15/h2-11H,1H3,(H,23,25). The lowest BCUT2D eigenvalue weighted by atomic mass is 10.1. The molecule has 7 heteroatoms. The van der Waals surface area contributed by atoms with Gasteiger partial charge in [0.15, 0.2) is 0 Å². The summed E-state index contributed by atoms with van der Waals surface area (Å²) in [4.78, 5) is 16.4. The monoisotopic (exact) mass is 345 g/mol. The smallest absolute Gasteiger partial charge is 0.322 e. The minimum atomic E-state index is -4.56. The van der Waals surface area contributed by atoms with Crippen molar-refractivity contribution in [2.75, 3.05) is 5.32 Å². The van der Waals surface area contributed by atoms with E-state index in [-0.39, 0.29) is 11.3 Å². The number of hydrogen-bond acceptors (Lipinski definition) is 2. The SMILES string of the molecule is Cc1cn(-c2cc(C(=O)Nc3ccccc3)cc(C(F)(F)F)c2)cn1. The third-order valence-electron chi connectivity index (χ3n) is 3.55. The number of halogens is 3. The Morgan fingerprint density at radius 1 is 1.12 bits per heavy atom. The van der Waals surface area contributed by atoms with Crippen LogP contribution >= 0.6 is 0 Å². The number of nitrogens with zero attached hydrogens (tertiary/aromatic N) is 2. The molecule has 0 bridgehead atoms. The number of alkyl halides is 3. The zero-order valence-electron chi connectivity index (χ0n) is 13.2. The molecule has 1 N–H and O–H groups in total. The number of rotatable bonds is 3. The van der Waals surface area contributed by atoms with Crippen molar-refractivity contribution >= 4 is 11.6 Å². The number of hydrogen-bond donors (Lipinski definition) is 1. The van der Waals surface area contributed by atoms with Crippen LogP contribution in [0.1, 0.15) is 21.6 Å². The van der Waals surface area contributed by atoms with E-state index in [2.05, 4.69) is 10.3 Å². The van der Waals surface area contributed by atoms with Gasteiger partial charge < -0.3 is 9.88 Å². The Morgan fingerprint density at radius 3 is 2.44 bits per heavy atom. The van der Waals surface area contributed by atoms with Crippen LogP contribution in [-0.2, 0) is 6.18 Å². The third-order valence-corrected chi connectivity index (χ3v) is 3.55. The van der Waals surface area contributed by atoms with Gasteiger partial charge in [-0.2, -0.15) is 13.2 Å². The van der Waals surface area contributed by atoms with Gasteiger partial charge in [-0.05, 0) is 37.3 Å². The summed E-state index contributed by atoms with van der Waals surface area (Å²) in [5.74, 6) is -0.615. The van der Waals surface area contributed by atoms with Gasteiger partial charge in [-0.15, -0.1) is 0 Å². The second kappa shape index (κ2) is 6.43. The van der Waals surface area contributed by atoms with Gasteiger partial charge in [-0.3, -0.25) is 4.79 Å². The average molecular weight is 345 g/mol. The highest BCUT2D eigenvalue weighted by Crippen LogP contribution is 2.32. The van der Waals surface area contributed by atoms with Gasteiger partial charge in [-0.25, -0.2) is 4.98 Å². The minimum absolute atomic E-state index is 0.0833. The van der Waals surface area contributed by atoms with Gasteiger partial charge in [0.05, 0.1) is 17.6 Å². The van der Waals surface area contributed by atoms with Gasteiger partial charge in [0.25, 0.3) is 5.91 Å². The molecule has 0 aliphatic heterocycles. The van der Waals surface area contributed by atoms with Crippen LogP contribution in [0.2, 0.25) is 0 Å². The topological polar surface area (TPSA) is 46.9 Å².